The van der Waals surface area contributed by atoms with Gasteiger partial charge in [-0.3, -0.25) is 9.59 Å². The van der Waals surface area contributed by atoms with Gasteiger partial charge in [0.05, 0.1) is 37.3 Å². The fraction of sp³-hybridized carbons (Fsp3) is 0.471. The number of ether oxygens (including phenoxy) is 2. The highest BCUT2D eigenvalue weighted by Gasteiger charge is 2.43. The first-order valence-electron chi connectivity index (χ1n) is 16.1. The molecule has 0 unspecified atom stereocenters. The number of methoxy groups -OCH3 is 1. The SMILES string of the molecule is COC[C@]1(O)CCCC[C@H]1n1cnc(C(=O)N2CCN(C(=O)O)C[C@H]2CCOc2ccc(C(=O)NCC(F)(F)F)cc2)c1-c1ccccc1. The van der Waals surface area contributed by atoms with E-state index in [4.69, 9.17) is 9.47 Å². The van der Waals surface area contributed by atoms with Crippen molar-refractivity contribution in [3.63, 3.8) is 0 Å². The van der Waals surface area contributed by atoms with E-state index < -0.39 is 36.4 Å². The van der Waals surface area contributed by atoms with Gasteiger partial charge < -0.3 is 39.4 Å². The number of carboxylic acid groups (broad SMARTS) is 1. The van der Waals surface area contributed by atoms with Crippen LogP contribution in [0.1, 0.15) is 59.0 Å². The van der Waals surface area contributed by atoms with E-state index in [2.05, 4.69) is 4.98 Å². The summed E-state index contributed by atoms with van der Waals surface area (Å²) in [6, 6.07) is 13.9. The van der Waals surface area contributed by atoms with Gasteiger partial charge >= 0.3 is 12.3 Å². The van der Waals surface area contributed by atoms with Gasteiger partial charge in [-0.2, -0.15) is 13.2 Å². The number of amides is 3. The van der Waals surface area contributed by atoms with Crippen molar-refractivity contribution in [3.8, 4) is 17.0 Å². The second-order valence-electron chi connectivity index (χ2n) is 12.4. The Morgan fingerprint density at radius 1 is 1.06 bits per heavy atom. The van der Waals surface area contributed by atoms with Crippen molar-refractivity contribution < 1.29 is 47.2 Å². The standard InChI is InChI=1S/C34H40F3N5O7/c1-48-21-33(47)15-6-5-9-27(33)42-22-39-28(29(42)23-7-3-2-4-8-23)31(44)41-17-16-40(32(45)46)19-25(41)14-18-49-26-12-10-24(11-13-26)30(43)38-20-34(35,36)37/h2-4,7-8,10-13,22,25,27,47H,5-6,9,14-21H2,1H3,(H,38,43)(H,45,46)/t25-,27-,33-/m1/s1. The summed E-state index contributed by atoms with van der Waals surface area (Å²) in [5.74, 6) is -0.914. The molecule has 3 N–H and O–H groups in total. The van der Waals surface area contributed by atoms with Gasteiger partial charge in [0.15, 0.2) is 5.69 Å². The van der Waals surface area contributed by atoms with Crippen molar-refractivity contribution in [1.29, 1.82) is 0 Å². The van der Waals surface area contributed by atoms with E-state index in [-0.39, 0.29) is 62.5 Å². The Morgan fingerprint density at radius 3 is 2.47 bits per heavy atom. The minimum absolute atomic E-state index is 0.0281. The highest BCUT2D eigenvalue weighted by Crippen LogP contribution is 2.41. The van der Waals surface area contributed by atoms with Crippen LogP contribution in [0.3, 0.4) is 0 Å². The van der Waals surface area contributed by atoms with Crippen molar-refractivity contribution in [2.45, 2.75) is 56.0 Å². The molecule has 0 radical (unpaired) electrons. The second-order valence-corrected chi connectivity index (χ2v) is 12.4. The third-order valence-electron chi connectivity index (χ3n) is 9.03. The molecular weight excluding hydrogens is 647 g/mol. The predicted molar refractivity (Wildman–Crippen MR) is 171 cm³/mol. The van der Waals surface area contributed by atoms with Gasteiger partial charge in [-0.15, -0.1) is 0 Å². The van der Waals surface area contributed by atoms with Crippen LogP contribution >= 0.6 is 0 Å². The number of nitrogens with zero attached hydrogens (tertiary/aromatic N) is 4. The summed E-state index contributed by atoms with van der Waals surface area (Å²) in [5, 5.41) is 23.2. The zero-order chi connectivity index (χ0) is 35.2. The lowest BCUT2D eigenvalue weighted by Crippen LogP contribution is -2.56. The lowest BCUT2D eigenvalue weighted by molar-refractivity contribution is -0.123. The normalized spacial score (nSPS) is 21.3. The van der Waals surface area contributed by atoms with Crippen LogP contribution in [0, 0.1) is 0 Å². The number of piperazine rings is 1. The first kappa shape index (κ1) is 35.7. The van der Waals surface area contributed by atoms with E-state index >= 15 is 0 Å². The molecule has 1 saturated carbocycles. The summed E-state index contributed by atoms with van der Waals surface area (Å²) in [5.41, 5.74) is 0.358. The molecule has 1 saturated heterocycles. The number of alkyl halides is 3. The van der Waals surface area contributed by atoms with Gasteiger partial charge in [0.25, 0.3) is 11.8 Å². The van der Waals surface area contributed by atoms with Crippen molar-refractivity contribution in [2.75, 3.05) is 46.5 Å². The number of nitrogens with one attached hydrogen (secondary N) is 1. The van der Waals surface area contributed by atoms with Crippen LogP contribution in [0.15, 0.2) is 60.9 Å². The average Bonchev–Trinajstić information content (AvgIpc) is 3.52. The minimum Gasteiger partial charge on any atom is -0.494 e. The van der Waals surface area contributed by atoms with E-state index in [1.807, 2.05) is 40.2 Å². The summed E-state index contributed by atoms with van der Waals surface area (Å²) >= 11 is 0. The number of imidazole rings is 1. The highest BCUT2D eigenvalue weighted by atomic mass is 19.4. The molecular formula is C34H40F3N5O7. The molecule has 0 spiro atoms. The molecule has 0 bridgehead atoms. The van der Waals surface area contributed by atoms with Crippen LogP contribution < -0.4 is 10.1 Å². The number of benzene rings is 2. The van der Waals surface area contributed by atoms with Gasteiger partial charge in [-0.25, -0.2) is 9.78 Å². The number of hydrogen-bond donors (Lipinski definition) is 3. The summed E-state index contributed by atoms with van der Waals surface area (Å²) in [6.45, 7) is -0.976. The van der Waals surface area contributed by atoms with Crippen molar-refractivity contribution in [1.82, 2.24) is 24.7 Å². The van der Waals surface area contributed by atoms with Crippen LogP contribution in [-0.4, -0.2) is 112 Å². The van der Waals surface area contributed by atoms with E-state index in [0.29, 0.717) is 24.3 Å². The lowest BCUT2D eigenvalue weighted by Gasteiger charge is -2.41. The zero-order valence-electron chi connectivity index (χ0n) is 27.1. The fourth-order valence-electron chi connectivity index (χ4n) is 6.63. The maximum absolute atomic E-state index is 14.4. The van der Waals surface area contributed by atoms with Gasteiger partial charge in [0, 0.05) is 44.3 Å². The fourth-order valence-corrected chi connectivity index (χ4v) is 6.63. The highest BCUT2D eigenvalue weighted by molar-refractivity contribution is 5.98. The third kappa shape index (κ3) is 8.51. The first-order chi connectivity index (χ1) is 23.4. The molecule has 15 heteroatoms. The molecule has 1 aliphatic heterocycles. The average molecular weight is 688 g/mol. The molecule has 2 aromatic carbocycles. The second kappa shape index (κ2) is 15.3. The summed E-state index contributed by atoms with van der Waals surface area (Å²) in [6.07, 6.45) is -0.866. The van der Waals surface area contributed by atoms with Crippen molar-refractivity contribution in [2.24, 2.45) is 0 Å². The van der Waals surface area contributed by atoms with Crippen LogP contribution in [-0.2, 0) is 4.74 Å². The summed E-state index contributed by atoms with van der Waals surface area (Å²) in [7, 11) is 1.54. The number of carbonyl (C=O) groups is 3. The Morgan fingerprint density at radius 2 is 1.80 bits per heavy atom. The monoisotopic (exact) mass is 687 g/mol. The largest absolute Gasteiger partial charge is 0.494 e. The topological polar surface area (TPSA) is 146 Å². The molecule has 3 amide bonds. The molecule has 3 aromatic rings. The molecule has 2 aliphatic rings. The molecule has 5 rings (SSSR count). The quantitative estimate of drug-likeness (QED) is 0.265. The van der Waals surface area contributed by atoms with Gasteiger partial charge in [-0.1, -0.05) is 43.2 Å². The Labute approximate surface area is 281 Å². The summed E-state index contributed by atoms with van der Waals surface area (Å²) < 4.78 is 50.5. The number of halogens is 3. The predicted octanol–water partition coefficient (Wildman–Crippen LogP) is 4.61. The summed E-state index contributed by atoms with van der Waals surface area (Å²) in [4.78, 5) is 45.7. The molecule has 2 heterocycles. The molecule has 2 fully saturated rings. The van der Waals surface area contributed by atoms with E-state index in [1.54, 1.807) is 18.3 Å². The molecule has 1 aromatic heterocycles. The minimum atomic E-state index is -4.53. The number of aromatic nitrogens is 2. The maximum atomic E-state index is 14.4. The van der Waals surface area contributed by atoms with Gasteiger partial charge in [-0.05, 0) is 37.1 Å². The van der Waals surface area contributed by atoms with Crippen LogP contribution in [0.4, 0.5) is 18.0 Å². The molecule has 3 atom stereocenters. The van der Waals surface area contributed by atoms with Crippen molar-refractivity contribution in [3.05, 3.63) is 72.2 Å². The van der Waals surface area contributed by atoms with Gasteiger partial charge in [0.2, 0.25) is 0 Å². The molecule has 1 aliphatic carbocycles. The Balaban J connectivity index is 1.35. The van der Waals surface area contributed by atoms with Crippen LogP contribution in [0.5, 0.6) is 5.75 Å². The number of carbonyl (C=O) groups excluding carboxylic acids is 2. The Bertz CT molecular complexity index is 1600. The lowest BCUT2D eigenvalue weighted by atomic mass is 9.80. The van der Waals surface area contributed by atoms with Crippen LogP contribution in [0.25, 0.3) is 11.3 Å². The van der Waals surface area contributed by atoms with Crippen LogP contribution in [0.2, 0.25) is 0 Å². The van der Waals surface area contributed by atoms with E-state index in [9.17, 15) is 37.8 Å². The van der Waals surface area contributed by atoms with Crippen molar-refractivity contribution >= 4 is 17.9 Å². The number of hydrogen-bond acceptors (Lipinski definition) is 7. The Hall–Kier alpha value is -4.63. The number of rotatable bonds is 11. The maximum Gasteiger partial charge on any atom is 0.407 e. The molecule has 12 nitrogen and oxygen atoms in total. The molecule has 49 heavy (non-hydrogen) atoms. The molecule has 264 valence electrons. The Kier molecular flexibility index (Phi) is 11.1. The smallest absolute Gasteiger partial charge is 0.407 e. The third-order valence-corrected chi connectivity index (χ3v) is 9.03. The van der Waals surface area contributed by atoms with E-state index in [0.717, 1.165) is 18.4 Å². The van der Waals surface area contributed by atoms with Gasteiger partial charge in [0.1, 0.15) is 17.9 Å². The first-order valence-corrected chi connectivity index (χ1v) is 16.1. The zero-order valence-corrected chi connectivity index (χ0v) is 27.1. The van der Waals surface area contributed by atoms with E-state index in [1.165, 1.54) is 29.2 Å². The number of aliphatic hydroxyl groups is 1.